The van der Waals surface area contributed by atoms with Crippen molar-refractivity contribution in [1.29, 1.82) is 5.26 Å². The first-order valence-electron chi connectivity index (χ1n) is 9.76. The van der Waals surface area contributed by atoms with Crippen LogP contribution in [0.3, 0.4) is 0 Å². The number of nitrogens with zero attached hydrogens (tertiary/aromatic N) is 3. The van der Waals surface area contributed by atoms with Gasteiger partial charge in [-0.3, -0.25) is 0 Å². The van der Waals surface area contributed by atoms with Crippen molar-refractivity contribution in [3.05, 3.63) is 100 Å². The van der Waals surface area contributed by atoms with E-state index in [0.717, 1.165) is 39.9 Å². The molecule has 4 rings (SSSR count). The van der Waals surface area contributed by atoms with Gasteiger partial charge in [0.2, 0.25) is 0 Å². The summed E-state index contributed by atoms with van der Waals surface area (Å²) in [6, 6.07) is 24.5. The molecule has 1 heterocycles. The molecule has 1 aromatic heterocycles. The van der Waals surface area contributed by atoms with Gasteiger partial charge in [-0.2, -0.15) is 10.4 Å². The summed E-state index contributed by atoms with van der Waals surface area (Å²) in [4.78, 5) is 0. The third-order valence-corrected chi connectivity index (χ3v) is 5.26. The van der Waals surface area contributed by atoms with Crippen LogP contribution in [0, 0.1) is 25.2 Å². The zero-order valence-electron chi connectivity index (χ0n) is 17.2. The number of halogens is 1. The van der Waals surface area contributed by atoms with Gasteiger partial charge in [-0.15, -0.1) is 0 Å². The summed E-state index contributed by atoms with van der Waals surface area (Å²) < 4.78 is 13.6. The Balaban J connectivity index is 1.47. The van der Waals surface area contributed by atoms with Crippen molar-refractivity contribution in [3.63, 3.8) is 0 Å². The molecular weight excluding hydrogens is 410 g/mol. The van der Waals surface area contributed by atoms with Crippen LogP contribution in [-0.2, 0) is 6.61 Å². The molecule has 31 heavy (non-hydrogen) atoms. The first-order chi connectivity index (χ1) is 15.0. The fourth-order valence-corrected chi connectivity index (χ4v) is 3.46. The summed E-state index contributed by atoms with van der Waals surface area (Å²) in [6.45, 7) is 4.33. The third kappa shape index (κ3) is 4.55. The first kappa shape index (κ1) is 20.5. The van der Waals surface area contributed by atoms with E-state index in [1.807, 2.05) is 79.2 Å². The molecule has 0 N–H and O–H groups in total. The maximum Gasteiger partial charge on any atom is 0.127 e. The average Bonchev–Trinajstić information content (AvgIpc) is 3.07. The lowest BCUT2D eigenvalue weighted by Gasteiger charge is -2.09. The van der Waals surface area contributed by atoms with Gasteiger partial charge in [0.25, 0.3) is 0 Å². The monoisotopic (exact) mass is 429 g/mol. The van der Waals surface area contributed by atoms with Gasteiger partial charge in [-0.05, 0) is 68.4 Å². The zero-order chi connectivity index (χ0) is 21.8. The number of benzene rings is 3. The molecule has 6 heteroatoms. The topological polar surface area (TPSA) is 60.1 Å². The van der Waals surface area contributed by atoms with Gasteiger partial charge < -0.3 is 9.47 Å². The number of para-hydroxylation sites is 1. The Bertz CT molecular complexity index is 1240. The van der Waals surface area contributed by atoms with Gasteiger partial charge in [0.1, 0.15) is 29.9 Å². The van der Waals surface area contributed by atoms with Crippen LogP contribution in [0.25, 0.3) is 5.69 Å². The molecule has 0 aliphatic carbocycles. The number of nitriles is 1. The van der Waals surface area contributed by atoms with Crippen molar-refractivity contribution in [2.45, 2.75) is 20.5 Å². The number of rotatable bonds is 6. The molecule has 0 radical (unpaired) electrons. The lowest BCUT2D eigenvalue weighted by Crippen LogP contribution is -2.01. The lowest BCUT2D eigenvalue weighted by atomic mass is 10.2. The standard InChI is InChI=1S/C25H20ClN3O2/c1-17-24(18(2)29(28-17)20-9-8-19(15-27)25(26)14-20)16-30-21-10-12-23(13-11-21)31-22-6-4-3-5-7-22/h3-14H,16H2,1-2H3. The van der Waals surface area contributed by atoms with E-state index in [9.17, 15) is 0 Å². The lowest BCUT2D eigenvalue weighted by molar-refractivity contribution is 0.304. The number of aryl methyl sites for hydroxylation is 1. The molecule has 154 valence electrons. The highest BCUT2D eigenvalue weighted by atomic mass is 35.5. The average molecular weight is 430 g/mol. The van der Waals surface area contributed by atoms with Crippen molar-refractivity contribution in [1.82, 2.24) is 9.78 Å². The van der Waals surface area contributed by atoms with E-state index >= 15 is 0 Å². The van der Waals surface area contributed by atoms with Crippen molar-refractivity contribution < 1.29 is 9.47 Å². The summed E-state index contributed by atoms with van der Waals surface area (Å²) in [7, 11) is 0. The molecule has 0 aliphatic heterocycles. The molecular formula is C25H20ClN3O2. The minimum atomic E-state index is 0.389. The van der Waals surface area contributed by atoms with E-state index in [2.05, 4.69) is 11.2 Å². The Morgan fingerprint density at radius 3 is 2.29 bits per heavy atom. The van der Waals surface area contributed by atoms with Crippen molar-refractivity contribution in [2.24, 2.45) is 0 Å². The molecule has 4 aromatic rings. The second-order valence-electron chi connectivity index (χ2n) is 7.01. The van der Waals surface area contributed by atoms with E-state index in [1.165, 1.54) is 0 Å². The van der Waals surface area contributed by atoms with Crippen LogP contribution in [0.1, 0.15) is 22.5 Å². The predicted molar refractivity (Wildman–Crippen MR) is 120 cm³/mol. The maximum absolute atomic E-state index is 9.07. The molecule has 0 atom stereocenters. The summed E-state index contributed by atoms with van der Waals surface area (Å²) in [6.07, 6.45) is 0. The van der Waals surface area contributed by atoms with Crippen LogP contribution in [-0.4, -0.2) is 9.78 Å². The summed E-state index contributed by atoms with van der Waals surface area (Å²) >= 11 is 6.18. The van der Waals surface area contributed by atoms with Crippen molar-refractivity contribution in [3.8, 4) is 29.0 Å². The second-order valence-corrected chi connectivity index (χ2v) is 7.42. The zero-order valence-corrected chi connectivity index (χ0v) is 17.9. The fourth-order valence-electron chi connectivity index (χ4n) is 3.25. The highest BCUT2D eigenvalue weighted by Gasteiger charge is 2.14. The Hall–Kier alpha value is -3.75. The van der Waals surface area contributed by atoms with Gasteiger partial charge in [-0.25, -0.2) is 4.68 Å². The second kappa shape index (κ2) is 8.95. The van der Waals surface area contributed by atoms with Crippen LogP contribution in [0.5, 0.6) is 17.2 Å². The largest absolute Gasteiger partial charge is 0.489 e. The number of hydrogen-bond donors (Lipinski definition) is 0. The first-order valence-corrected chi connectivity index (χ1v) is 10.1. The Labute approximate surface area is 186 Å². The SMILES string of the molecule is Cc1nn(-c2ccc(C#N)c(Cl)c2)c(C)c1COc1ccc(Oc2ccccc2)cc1. The van der Waals surface area contributed by atoms with Gasteiger partial charge in [0, 0.05) is 11.3 Å². The molecule has 0 bridgehead atoms. The number of aromatic nitrogens is 2. The maximum atomic E-state index is 9.07. The number of ether oxygens (including phenoxy) is 2. The summed E-state index contributed by atoms with van der Waals surface area (Å²) in [5, 5.41) is 14.1. The van der Waals surface area contributed by atoms with Gasteiger partial charge >= 0.3 is 0 Å². The molecule has 0 fully saturated rings. The van der Waals surface area contributed by atoms with Crippen molar-refractivity contribution in [2.75, 3.05) is 0 Å². The Morgan fingerprint density at radius 1 is 0.935 bits per heavy atom. The van der Waals surface area contributed by atoms with E-state index in [-0.39, 0.29) is 0 Å². The third-order valence-electron chi connectivity index (χ3n) is 4.94. The highest BCUT2D eigenvalue weighted by Crippen LogP contribution is 2.26. The van der Waals surface area contributed by atoms with Gasteiger partial charge in [0.15, 0.2) is 0 Å². The smallest absolute Gasteiger partial charge is 0.127 e. The van der Waals surface area contributed by atoms with Crippen LogP contribution < -0.4 is 9.47 Å². The molecule has 0 amide bonds. The van der Waals surface area contributed by atoms with Crippen molar-refractivity contribution >= 4 is 11.6 Å². The molecule has 0 saturated heterocycles. The molecule has 5 nitrogen and oxygen atoms in total. The van der Waals surface area contributed by atoms with Gasteiger partial charge in [0.05, 0.1) is 22.0 Å². The van der Waals surface area contributed by atoms with E-state index in [1.54, 1.807) is 12.1 Å². The minimum Gasteiger partial charge on any atom is -0.489 e. The number of hydrogen-bond acceptors (Lipinski definition) is 4. The fraction of sp³-hybridized carbons (Fsp3) is 0.120. The molecule has 3 aromatic carbocycles. The van der Waals surface area contributed by atoms with Crippen LogP contribution in [0.15, 0.2) is 72.8 Å². The van der Waals surface area contributed by atoms with E-state index in [4.69, 9.17) is 26.3 Å². The normalized spacial score (nSPS) is 10.5. The minimum absolute atomic E-state index is 0.389. The molecule has 0 spiro atoms. The molecule has 0 aliphatic rings. The predicted octanol–water partition coefficient (Wildman–Crippen LogP) is 6.39. The van der Waals surface area contributed by atoms with Crippen LogP contribution >= 0.6 is 11.6 Å². The van der Waals surface area contributed by atoms with E-state index < -0.39 is 0 Å². The Morgan fingerprint density at radius 2 is 1.61 bits per heavy atom. The quantitative estimate of drug-likeness (QED) is 0.356. The van der Waals surface area contributed by atoms with Crippen LogP contribution in [0.4, 0.5) is 0 Å². The Kier molecular flexibility index (Phi) is 5.92. The molecule has 0 unspecified atom stereocenters. The van der Waals surface area contributed by atoms with Crippen LogP contribution in [0.2, 0.25) is 5.02 Å². The highest BCUT2D eigenvalue weighted by molar-refractivity contribution is 6.31. The van der Waals surface area contributed by atoms with Gasteiger partial charge in [-0.1, -0.05) is 29.8 Å². The molecule has 0 saturated carbocycles. The summed E-state index contributed by atoms with van der Waals surface area (Å²) in [5.41, 5.74) is 4.09. The van der Waals surface area contributed by atoms with E-state index in [0.29, 0.717) is 17.2 Å². The summed E-state index contributed by atoms with van der Waals surface area (Å²) in [5.74, 6) is 2.28.